The van der Waals surface area contributed by atoms with E-state index in [0.29, 0.717) is 12.6 Å². The minimum absolute atomic E-state index is 0.243. The second-order valence-electron chi connectivity index (χ2n) is 6.51. The first-order chi connectivity index (χ1) is 9.33. The SMILES string of the molecule is O=C(CN1CCCC1C1CCNCC1)NCC1CC1. The molecule has 1 saturated carbocycles. The van der Waals surface area contributed by atoms with Gasteiger partial charge < -0.3 is 10.6 Å². The number of piperidine rings is 1. The van der Waals surface area contributed by atoms with Gasteiger partial charge in [-0.1, -0.05) is 0 Å². The van der Waals surface area contributed by atoms with Crippen LogP contribution in [-0.4, -0.2) is 49.6 Å². The molecular weight excluding hydrogens is 238 g/mol. The molecule has 1 unspecified atom stereocenters. The van der Waals surface area contributed by atoms with Crippen molar-refractivity contribution < 1.29 is 4.79 Å². The number of nitrogens with zero attached hydrogens (tertiary/aromatic N) is 1. The summed E-state index contributed by atoms with van der Waals surface area (Å²) in [6.45, 7) is 4.96. The predicted molar refractivity (Wildman–Crippen MR) is 75.9 cm³/mol. The van der Waals surface area contributed by atoms with Crippen molar-refractivity contribution in [1.29, 1.82) is 0 Å². The maximum Gasteiger partial charge on any atom is 0.234 e. The van der Waals surface area contributed by atoms with Crippen LogP contribution in [-0.2, 0) is 4.79 Å². The molecule has 1 amide bonds. The molecule has 0 radical (unpaired) electrons. The molecule has 3 aliphatic rings. The lowest BCUT2D eigenvalue weighted by atomic mass is 9.89. The van der Waals surface area contributed by atoms with Crippen molar-refractivity contribution in [3.63, 3.8) is 0 Å². The molecule has 108 valence electrons. The average Bonchev–Trinajstić information content (AvgIpc) is 3.16. The van der Waals surface area contributed by atoms with Crippen LogP contribution in [0.25, 0.3) is 0 Å². The summed E-state index contributed by atoms with van der Waals surface area (Å²) >= 11 is 0. The lowest BCUT2D eigenvalue weighted by molar-refractivity contribution is -0.122. The van der Waals surface area contributed by atoms with Gasteiger partial charge in [0.25, 0.3) is 0 Å². The number of nitrogens with one attached hydrogen (secondary N) is 2. The summed E-state index contributed by atoms with van der Waals surface area (Å²) < 4.78 is 0. The fraction of sp³-hybridized carbons (Fsp3) is 0.933. The van der Waals surface area contributed by atoms with Crippen LogP contribution >= 0.6 is 0 Å². The van der Waals surface area contributed by atoms with Gasteiger partial charge in [-0.15, -0.1) is 0 Å². The Balaban J connectivity index is 1.46. The quantitative estimate of drug-likeness (QED) is 0.779. The minimum atomic E-state index is 0.243. The van der Waals surface area contributed by atoms with E-state index >= 15 is 0 Å². The highest BCUT2D eigenvalue weighted by atomic mass is 16.2. The fourth-order valence-corrected chi connectivity index (χ4v) is 3.63. The Morgan fingerprint density at radius 1 is 1.16 bits per heavy atom. The molecule has 4 heteroatoms. The number of hydrogen-bond donors (Lipinski definition) is 2. The lowest BCUT2D eigenvalue weighted by Crippen LogP contribution is -2.45. The molecule has 2 N–H and O–H groups in total. The number of carbonyl (C=O) groups excluding carboxylic acids is 1. The third-order valence-corrected chi connectivity index (χ3v) is 4.97. The summed E-state index contributed by atoms with van der Waals surface area (Å²) in [7, 11) is 0. The van der Waals surface area contributed by atoms with Crippen LogP contribution in [0, 0.1) is 11.8 Å². The molecule has 4 nitrogen and oxygen atoms in total. The topological polar surface area (TPSA) is 44.4 Å². The summed E-state index contributed by atoms with van der Waals surface area (Å²) in [5, 5.41) is 6.54. The number of carbonyl (C=O) groups is 1. The standard InChI is InChI=1S/C15H27N3O/c19-15(17-10-12-3-4-12)11-18-9-1-2-14(18)13-5-7-16-8-6-13/h12-14,16H,1-11H2,(H,17,19). The number of hydrogen-bond acceptors (Lipinski definition) is 3. The van der Waals surface area contributed by atoms with Gasteiger partial charge in [0.15, 0.2) is 0 Å². The van der Waals surface area contributed by atoms with Gasteiger partial charge in [-0.3, -0.25) is 9.69 Å². The third kappa shape index (κ3) is 3.69. The van der Waals surface area contributed by atoms with Crippen LogP contribution in [0.5, 0.6) is 0 Å². The number of likely N-dealkylation sites (tertiary alicyclic amines) is 1. The van der Waals surface area contributed by atoms with Crippen LogP contribution in [0.4, 0.5) is 0 Å². The summed E-state index contributed by atoms with van der Waals surface area (Å²) in [6.07, 6.45) is 7.74. The fourth-order valence-electron chi connectivity index (χ4n) is 3.63. The van der Waals surface area contributed by atoms with Crippen LogP contribution < -0.4 is 10.6 Å². The van der Waals surface area contributed by atoms with Crippen molar-refractivity contribution >= 4 is 5.91 Å². The molecule has 3 fully saturated rings. The van der Waals surface area contributed by atoms with Gasteiger partial charge in [0.1, 0.15) is 0 Å². The van der Waals surface area contributed by atoms with Crippen molar-refractivity contribution in [3.05, 3.63) is 0 Å². The zero-order valence-corrected chi connectivity index (χ0v) is 11.9. The zero-order valence-electron chi connectivity index (χ0n) is 11.9. The molecular formula is C15H27N3O. The lowest BCUT2D eigenvalue weighted by Gasteiger charge is -2.34. The molecule has 3 rings (SSSR count). The van der Waals surface area contributed by atoms with E-state index in [1.807, 2.05) is 0 Å². The van der Waals surface area contributed by atoms with Crippen molar-refractivity contribution in [3.8, 4) is 0 Å². The van der Waals surface area contributed by atoms with E-state index in [-0.39, 0.29) is 5.91 Å². The van der Waals surface area contributed by atoms with E-state index < -0.39 is 0 Å². The van der Waals surface area contributed by atoms with Crippen molar-refractivity contribution in [2.45, 2.75) is 44.6 Å². The molecule has 0 spiro atoms. The van der Waals surface area contributed by atoms with Crippen LogP contribution in [0.2, 0.25) is 0 Å². The number of amides is 1. The third-order valence-electron chi connectivity index (χ3n) is 4.97. The van der Waals surface area contributed by atoms with Crippen LogP contribution in [0.15, 0.2) is 0 Å². The molecule has 2 saturated heterocycles. The van der Waals surface area contributed by atoms with Gasteiger partial charge in [0.2, 0.25) is 5.91 Å². The molecule has 1 atom stereocenters. The maximum atomic E-state index is 12.0. The molecule has 2 aliphatic heterocycles. The highest BCUT2D eigenvalue weighted by Crippen LogP contribution is 2.29. The second kappa shape index (κ2) is 6.23. The Labute approximate surface area is 116 Å². The monoisotopic (exact) mass is 265 g/mol. The summed E-state index contributed by atoms with van der Waals surface area (Å²) in [6, 6.07) is 0.661. The predicted octanol–water partition coefficient (Wildman–Crippen LogP) is 0.977. The van der Waals surface area contributed by atoms with E-state index in [1.165, 1.54) is 38.5 Å². The van der Waals surface area contributed by atoms with E-state index in [4.69, 9.17) is 0 Å². The van der Waals surface area contributed by atoms with Crippen molar-refractivity contribution in [2.24, 2.45) is 11.8 Å². The Morgan fingerprint density at radius 3 is 2.68 bits per heavy atom. The Morgan fingerprint density at radius 2 is 1.95 bits per heavy atom. The first-order valence-corrected chi connectivity index (χ1v) is 8.04. The highest BCUT2D eigenvalue weighted by molar-refractivity contribution is 5.78. The molecule has 19 heavy (non-hydrogen) atoms. The molecule has 0 bridgehead atoms. The van der Waals surface area contributed by atoms with Gasteiger partial charge in [-0.05, 0) is 70.0 Å². The molecule has 1 aliphatic carbocycles. The smallest absolute Gasteiger partial charge is 0.234 e. The minimum Gasteiger partial charge on any atom is -0.355 e. The highest BCUT2D eigenvalue weighted by Gasteiger charge is 2.33. The Bertz CT molecular complexity index is 311. The first-order valence-electron chi connectivity index (χ1n) is 8.04. The maximum absolute atomic E-state index is 12.0. The van der Waals surface area contributed by atoms with Crippen LogP contribution in [0.1, 0.15) is 38.5 Å². The van der Waals surface area contributed by atoms with Gasteiger partial charge in [0.05, 0.1) is 6.54 Å². The van der Waals surface area contributed by atoms with Gasteiger partial charge in [-0.25, -0.2) is 0 Å². The van der Waals surface area contributed by atoms with Crippen LogP contribution in [0.3, 0.4) is 0 Å². The Kier molecular flexibility index (Phi) is 4.38. The van der Waals surface area contributed by atoms with Gasteiger partial charge >= 0.3 is 0 Å². The first kappa shape index (κ1) is 13.4. The van der Waals surface area contributed by atoms with E-state index in [2.05, 4.69) is 15.5 Å². The van der Waals surface area contributed by atoms with Gasteiger partial charge in [-0.2, -0.15) is 0 Å². The number of rotatable bonds is 5. The molecule has 2 heterocycles. The largest absolute Gasteiger partial charge is 0.355 e. The molecule has 0 aromatic carbocycles. The molecule has 0 aromatic heterocycles. The average molecular weight is 265 g/mol. The van der Waals surface area contributed by atoms with Crippen molar-refractivity contribution in [1.82, 2.24) is 15.5 Å². The van der Waals surface area contributed by atoms with E-state index in [1.54, 1.807) is 0 Å². The zero-order chi connectivity index (χ0) is 13.1. The van der Waals surface area contributed by atoms with Gasteiger partial charge in [0, 0.05) is 12.6 Å². The normalized spacial score (nSPS) is 29.6. The Hall–Kier alpha value is -0.610. The second-order valence-corrected chi connectivity index (χ2v) is 6.51. The van der Waals surface area contributed by atoms with Crippen molar-refractivity contribution in [2.75, 3.05) is 32.7 Å². The summed E-state index contributed by atoms with van der Waals surface area (Å²) in [5.74, 6) is 1.83. The summed E-state index contributed by atoms with van der Waals surface area (Å²) in [5.41, 5.74) is 0. The summed E-state index contributed by atoms with van der Waals surface area (Å²) in [4.78, 5) is 14.4. The van der Waals surface area contributed by atoms with E-state index in [9.17, 15) is 4.79 Å². The molecule has 0 aromatic rings. The van der Waals surface area contributed by atoms with E-state index in [0.717, 1.165) is 38.0 Å².